The lowest BCUT2D eigenvalue weighted by molar-refractivity contribution is -0.136. The molecule has 41 heavy (non-hydrogen) atoms. The molecule has 0 aromatic heterocycles. The first kappa shape index (κ1) is 26.9. The third-order valence-corrected chi connectivity index (χ3v) is 9.51. The number of hydrogen-bond acceptors (Lipinski definition) is 7. The van der Waals surface area contributed by atoms with Crippen molar-refractivity contribution in [1.82, 2.24) is 4.90 Å². The number of likely N-dealkylation sites (tertiary alicyclic amines) is 1. The number of urea groups is 1. The first-order chi connectivity index (χ1) is 19.4. The lowest BCUT2D eigenvalue weighted by Crippen LogP contribution is -2.49. The number of methoxy groups -OCH3 is 1. The summed E-state index contributed by atoms with van der Waals surface area (Å²) in [5, 5.41) is 11.0. The van der Waals surface area contributed by atoms with Gasteiger partial charge in [0.25, 0.3) is 0 Å². The van der Waals surface area contributed by atoms with Crippen LogP contribution in [0.25, 0.3) is 0 Å². The summed E-state index contributed by atoms with van der Waals surface area (Å²) >= 11 is 5.99. The van der Waals surface area contributed by atoms with Crippen LogP contribution >= 0.6 is 11.6 Å². The molecule has 4 aliphatic rings. The number of halogens is 2. The third-order valence-electron chi connectivity index (χ3n) is 9.22. The Bertz CT molecular complexity index is 1610. The number of anilines is 1. The summed E-state index contributed by atoms with van der Waals surface area (Å²) in [4.78, 5) is 68.2. The van der Waals surface area contributed by atoms with E-state index in [-0.39, 0.29) is 35.1 Å². The van der Waals surface area contributed by atoms with Crippen molar-refractivity contribution >= 4 is 46.9 Å². The Labute approximate surface area is 238 Å². The molecule has 3 fully saturated rings. The van der Waals surface area contributed by atoms with Crippen LogP contribution in [-0.4, -0.2) is 46.8 Å². The smallest absolute Gasteiger partial charge is 0.328 e. The summed E-state index contributed by atoms with van der Waals surface area (Å²) in [6.07, 6.45) is 1.89. The molecule has 10 nitrogen and oxygen atoms in total. The quantitative estimate of drug-likeness (QED) is 0.416. The van der Waals surface area contributed by atoms with Crippen molar-refractivity contribution in [3.05, 3.63) is 64.5 Å². The second-order valence-electron chi connectivity index (χ2n) is 11.0. The maximum Gasteiger partial charge on any atom is 0.328 e. The predicted octanol–water partition coefficient (Wildman–Crippen LogP) is 3.50. The summed E-state index contributed by atoms with van der Waals surface area (Å²) < 4.78 is 19.3. The van der Waals surface area contributed by atoms with Crippen LogP contribution in [-0.2, 0) is 19.2 Å². The van der Waals surface area contributed by atoms with Crippen molar-refractivity contribution in [3.63, 3.8) is 0 Å². The molecule has 6 amide bonds. The van der Waals surface area contributed by atoms with Crippen LogP contribution in [0, 0.1) is 34.9 Å². The fourth-order valence-corrected chi connectivity index (χ4v) is 7.56. The van der Waals surface area contributed by atoms with Crippen molar-refractivity contribution in [2.24, 2.45) is 34.8 Å². The molecule has 6 atom stereocenters. The van der Waals surface area contributed by atoms with E-state index in [0.29, 0.717) is 16.0 Å². The van der Waals surface area contributed by atoms with E-state index in [4.69, 9.17) is 22.1 Å². The zero-order chi connectivity index (χ0) is 29.5. The lowest BCUT2D eigenvalue weighted by Gasteiger charge is -2.49. The van der Waals surface area contributed by atoms with Crippen LogP contribution in [0.15, 0.2) is 48.0 Å². The van der Waals surface area contributed by atoms with Gasteiger partial charge in [-0.15, -0.1) is 0 Å². The molecular formula is C29H25ClFN3O7. The Morgan fingerprint density at radius 3 is 2.51 bits per heavy atom. The maximum atomic E-state index is 14.3. The SMILES string of the molecule is COc1cccc(C2C3=CCC4C(=O)N(C(N)=O)C(=O)C4C3CC3C(=O)N(c4ccc(F)c(Cl)c4)C(=O)C32C)c1O. The van der Waals surface area contributed by atoms with Crippen LogP contribution < -0.4 is 15.4 Å². The number of fused-ring (bicyclic) bond motifs is 4. The Kier molecular flexibility index (Phi) is 6.00. The molecule has 3 N–H and O–H groups in total. The molecule has 6 rings (SSSR count). The number of allylic oxidation sites excluding steroid dienone is 2. The van der Waals surface area contributed by atoms with Crippen molar-refractivity contribution in [2.75, 3.05) is 12.0 Å². The van der Waals surface area contributed by atoms with Crippen molar-refractivity contribution in [1.29, 1.82) is 0 Å². The summed E-state index contributed by atoms with van der Waals surface area (Å²) in [6, 6.07) is 7.15. The standard InChI is InChI=1S/C29H25ClFN3O7/c1-29-17(25(37)33(27(29)39)12-6-9-19(31)18(30)10-12)11-16-13(22(29)15-4-3-5-20(41-2)23(15)35)7-8-14-21(16)26(38)34(24(14)36)28(32)40/h3-7,9-10,14,16-17,21-22,35H,8,11H2,1-2H3,(H2,32,40). The van der Waals surface area contributed by atoms with Gasteiger partial charge in [-0.25, -0.2) is 14.1 Å². The van der Waals surface area contributed by atoms with E-state index >= 15 is 0 Å². The maximum absolute atomic E-state index is 14.3. The van der Waals surface area contributed by atoms with E-state index in [1.54, 1.807) is 31.2 Å². The van der Waals surface area contributed by atoms with Crippen molar-refractivity contribution in [3.8, 4) is 11.5 Å². The second-order valence-corrected chi connectivity index (χ2v) is 11.4. The molecule has 2 heterocycles. The number of carbonyl (C=O) groups is 5. The number of ether oxygens (including phenoxy) is 1. The normalized spacial score (nSPS) is 30.6. The number of phenols is 1. The molecule has 0 radical (unpaired) electrons. The second kappa shape index (κ2) is 9.13. The van der Waals surface area contributed by atoms with Crippen LogP contribution in [0.1, 0.15) is 31.2 Å². The predicted molar refractivity (Wildman–Crippen MR) is 142 cm³/mol. The molecule has 0 bridgehead atoms. The van der Waals surface area contributed by atoms with E-state index in [1.807, 2.05) is 0 Å². The number of carbonyl (C=O) groups excluding carboxylic acids is 5. The van der Waals surface area contributed by atoms with Crippen molar-refractivity contribution < 1.29 is 38.2 Å². The number of nitrogens with two attached hydrogens (primary N) is 1. The van der Waals surface area contributed by atoms with Gasteiger partial charge in [-0.1, -0.05) is 35.4 Å². The average Bonchev–Trinajstić information content (AvgIpc) is 3.30. The van der Waals surface area contributed by atoms with E-state index < -0.39 is 70.5 Å². The summed E-state index contributed by atoms with van der Waals surface area (Å²) in [7, 11) is 1.38. The Morgan fingerprint density at radius 2 is 1.85 bits per heavy atom. The zero-order valence-corrected chi connectivity index (χ0v) is 22.7. The Hall–Kier alpha value is -4.25. The number of aromatic hydroxyl groups is 1. The van der Waals surface area contributed by atoms with E-state index in [1.165, 1.54) is 19.2 Å². The van der Waals surface area contributed by atoms with Crippen molar-refractivity contribution in [2.45, 2.75) is 25.7 Å². The molecule has 2 aromatic rings. The van der Waals surface area contributed by atoms with Gasteiger partial charge >= 0.3 is 6.03 Å². The Morgan fingerprint density at radius 1 is 1.12 bits per heavy atom. The number of rotatable bonds is 3. The Balaban J connectivity index is 1.55. The van der Waals surface area contributed by atoms with Gasteiger partial charge in [0.05, 0.1) is 41.0 Å². The molecule has 2 aromatic carbocycles. The van der Waals surface area contributed by atoms with Gasteiger partial charge in [-0.3, -0.25) is 19.2 Å². The molecule has 0 spiro atoms. The zero-order valence-electron chi connectivity index (χ0n) is 22.0. The van der Waals surface area contributed by atoms with Gasteiger partial charge in [0.1, 0.15) is 5.82 Å². The number of hydrogen-bond donors (Lipinski definition) is 2. The molecule has 2 saturated heterocycles. The largest absolute Gasteiger partial charge is 0.504 e. The highest BCUT2D eigenvalue weighted by Gasteiger charge is 2.68. The third kappa shape index (κ3) is 3.51. The number of amides is 6. The summed E-state index contributed by atoms with van der Waals surface area (Å²) in [6.45, 7) is 1.63. The number of benzene rings is 2. The van der Waals surface area contributed by atoms with Gasteiger partial charge < -0.3 is 15.6 Å². The molecular weight excluding hydrogens is 557 g/mol. The highest BCUT2D eigenvalue weighted by molar-refractivity contribution is 6.31. The van der Waals surface area contributed by atoms with Gasteiger partial charge in [0.2, 0.25) is 23.6 Å². The fourth-order valence-electron chi connectivity index (χ4n) is 7.38. The molecule has 2 aliphatic heterocycles. The van der Waals surface area contributed by atoms with Gasteiger partial charge in [-0.2, -0.15) is 4.90 Å². The number of imide groups is 4. The highest BCUT2D eigenvalue weighted by Crippen LogP contribution is 2.64. The van der Waals surface area contributed by atoms with E-state index in [2.05, 4.69) is 0 Å². The molecule has 6 unspecified atom stereocenters. The minimum Gasteiger partial charge on any atom is -0.504 e. The first-order valence-electron chi connectivity index (χ1n) is 13.0. The van der Waals surface area contributed by atoms with E-state index in [9.17, 15) is 33.5 Å². The summed E-state index contributed by atoms with van der Waals surface area (Å²) in [5.74, 6) is -7.89. The van der Waals surface area contributed by atoms with Crippen LogP contribution in [0.3, 0.4) is 0 Å². The van der Waals surface area contributed by atoms with E-state index in [0.717, 1.165) is 11.0 Å². The van der Waals surface area contributed by atoms with Crippen LogP contribution in [0.2, 0.25) is 5.02 Å². The number of primary amides is 1. The van der Waals surface area contributed by atoms with Gasteiger partial charge in [0.15, 0.2) is 11.5 Å². The lowest BCUT2D eigenvalue weighted by atomic mass is 9.51. The highest BCUT2D eigenvalue weighted by atomic mass is 35.5. The topological polar surface area (TPSA) is 147 Å². The molecule has 212 valence electrons. The minimum atomic E-state index is -1.45. The number of phenolic OH excluding ortho intramolecular Hbond substituents is 1. The molecule has 12 heteroatoms. The molecule has 1 saturated carbocycles. The number of para-hydroxylation sites is 1. The van der Waals surface area contributed by atoms with Gasteiger partial charge in [0, 0.05) is 11.5 Å². The van der Waals surface area contributed by atoms with Gasteiger partial charge in [-0.05, 0) is 49.9 Å². The monoisotopic (exact) mass is 581 g/mol. The average molecular weight is 582 g/mol. The number of nitrogens with zero attached hydrogens (tertiary/aromatic N) is 2. The van der Waals surface area contributed by atoms with Crippen LogP contribution in [0.4, 0.5) is 14.9 Å². The minimum absolute atomic E-state index is 0.0202. The van der Waals surface area contributed by atoms with Crippen LogP contribution in [0.5, 0.6) is 11.5 Å². The summed E-state index contributed by atoms with van der Waals surface area (Å²) in [5.41, 5.74) is 4.89. The fraction of sp³-hybridized carbons (Fsp3) is 0.345. The first-order valence-corrected chi connectivity index (χ1v) is 13.4. The molecule has 2 aliphatic carbocycles.